The van der Waals surface area contributed by atoms with Crippen LogP contribution >= 0.6 is 0 Å². The number of anilines is 1. The molecule has 1 aromatic heterocycles. The molecule has 4 nitrogen and oxygen atoms in total. The van der Waals surface area contributed by atoms with E-state index in [9.17, 15) is 0 Å². The van der Waals surface area contributed by atoms with Crippen molar-refractivity contribution < 1.29 is 0 Å². The highest BCUT2D eigenvalue weighted by Crippen LogP contribution is 2.21. The summed E-state index contributed by atoms with van der Waals surface area (Å²) in [6.45, 7) is 10.2. The minimum Gasteiger partial charge on any atom is -0.356 e. The van der Waals surface area contributed by atoms with Gasteiger partial charge in [-0.2, -0.15) is 0 Å². The van der Waals surface area contributed by atoms with Crippen molar-refractivity contribution in [2.75, 3.05) is 31.6 Å². The average Bonchev–Trinajstić information content (AvgIpc) is 2.38. The predicted molar refractivity (Wildman–Crippen MR) is 79.5 cm³/mol. The molecule has 1 saturated heterocycles. The van der Waals surface area contributed by atoms with Crippen LogP contribution in [0.3, 0.4) is 0 Å². The summed E-state index contributed by atoms with van der Waals surface area (Å²) in [5.74, 6) is 1.81. The third-order valence-corrected chi connectivity index (χ3v) is 3.88. The fourth-order valence-electron chi connectivity index (χ4n) is 2.83. The first kappa shape index (κ1) is 14.3. The first-order valence-corrected chi connectivity index (χ1v) is 7.30. The molecular formula is C15H26N4. The predicted octanol–water partition coefficient (Wildman–Crippen LogP) is 2.34. The third kappa shape index (κ3) is 3.90. The molecule has 0 saturated carbocycles. The summed E-state index contributed by atoms with van der Waals surface area (Å²) in [6, 6.07) is 2.68. The van der Waals surface area contributed by atoms with Crippen molar-refractivity contribution >= 4 is 5.82 Å². The van der Waals surface area contributed by atoms with Crippen molar-refractivity contribution in [1.82, 2.24) is 14.9 Å². The molecule has 1 fully saturated rings. The van der Waals surface area contributed by atoms with Gasteiger partial charge in [0.2, 0.25) is 0 Å². The molecule has 0 aromatic carbocycles. The zero-order valence-corrected chi connectivity index (χ0v) is 12.6. The maximum atomic E-state index is 4.38. The summed E-state index contributed by atoms with van der Waals surface area (Å²) < 4.78 is 0. The van der Waals surface area contributed by atoms with Gasteiger partial charge in [-0.25, -0.2) is 9.97 Å². The van der Waals surface area contributed by atoms with E-state index in [2.05, 4.69) is 46.7 Å². The second-order valence-corrected chi connectivity index (χ2v) is 6.05. The highest BCUT2D eigenvalue weighted by Gasteiger charge is 2.23. The van der Waals surface area contributed by atoms with Gasteiger partial charge in [-0.3, -0.25) is 0 Å². The molecule has 1 aliphatic rings. The van der Waals surface area contributed by atoms with Gasteiger partial charge in [-0.1, -0.05) is 13.8 Å². The van der Waals surface area contributed by atoms with Crippen LogP contribution in [0.5, 0.6) is 0 Å². The smallest absolute Gasteiger partial charge is 0.132 e. The largest absolute Gasteiger partial charge is 0.356 e. The second kappa shape index (κ2) is 6.33. The Morgan fingerprint density at radius 3 is 2.58 bits per heavy atom. The van der Waals surface area contributed by atoms with Crippen LogP contribution in [0.2, 0.25) is 0 Å². The Labute approximate surface area is 116 Å². The standard InChI is InChI=1S/C15H26N4/c1-12(2)10-19-7-5-14(6-8-19)18(4)15-9-13(3)16-11-17-15/h9,11-12,14H,5-8,10H2,1-4H3. The van der Waals surface area contributed by atoms with Crippen LogP contribution in [0.4, 0.5) is 5.82 Å². The molecule has 0 N–H and O–H groups in total. The lowest BCUT2D eigenvalue weighted by Crippen LogP contribution is -2.44. The minimum atomic E-state index is 0.609. The lowest BCUT2D eigenvalue weighted by Gasteiger charge is -2.37. The average molecular weight is 262 g/mol. The van der Waals surface area contributed by atoms with Gasteiger partial charge in [0, 0.05) is 44.5 Å². The van der Waals surface area contributed by atoms with Gasteiger partial charge < -0.3 is 9.80 Å². The van der Waals surface area contributed by atoms with E-state index in [0.717, 1.165) is 17.4 Å². The Morgan fingerprint density at radius 2 is 2.00 bits per heavy atom. The van der Waals surface area contributed by atoms with E-state index < -0.39 is 0 Å². The van der Waals surface area contributed by atoms with Crippen LogP contribution in [0.15, 0.2) is 12.4 Å². The molecule has 0 bridgehead atoms. The highest BCUT2D eigenvalue weighted by molar-refractivity contribution is 5.39. The van der Waals surface area contributed by atoms with Crippen molar-refractivity contribution in [2.24, 2.45) is 5.92 Å². The third-order valence-electron chi connectivity index (χ3n) is 3.88. The molecule has 1 aromatic rings. The molecule has 0 radical (unpaired) electrons. The quantitative estimate of drug-likeness (QED) is 0.833. The minimum absolute atomic E-state index is 0.609. The zero-order valence-electron chi connectivity index (χ0n) is 12.6. The number of aromatic nitrogens is 2. The van der Waals surface area contributed by atoms with Crippen LogP contribution < -0.4 is 4.90 Å². The van der Waals surface area contributed by atoms with Gasteiger partial charge in [-0.05, 0) is 25.7 Å². The molecule has 1 aliphatic heterocycles. The van der Waals surface area contributed by atoms with Gasteiger partial charge in [0.1, 0.15) is 12.1 Å². The molecule has 0 spiro atoms. The number of rotatable bonds is 4. The Bertz CT molecular complexity index is 397. The molecule has 19 heavy (non-hydrogen) atoms. The number of aryl methyl sites for hydroxylation is 1. The number of nitrogens with zero attached hydrogens (tertiary/aromatic N) is 4. The Morgan fingerprint density at radius 1 is 1.32 bits per heavy atom. The van der Waals surface area contributed by atoms with E-state index in [4.69, 9.17) is 0 Å². The van der Waals surface area contributed by atoms with E-state index >= 15 is 0 Å². The molecule has 2 heterocycles. The summed E-state index contributed by atoms with van der Waals surface area (Å²) in [5.41, 5.74) is 1.04. The molecule has 2 rings (SSSR count). The van der Waals surface area contributed by atoms with Crippen LogP contribution in [0, 0.1) is 12.8 Å². The van der Waals surface area contributed by atoms with Crippen molar-refractivity contribution in [3.05, 3.63) is 18.1 Å². The van der Waals surface area contributed by atoms with Crippen LogP contribution in [-0.2, 0) is 0 Å². The molecule has 0 amide bonds. The lowest BCUT2D eigenvalue weighted by atomic mass is 10.0. The number of piperidine rings is 1. The van der Waals surface area contributed by atoms with E-state index in [1.54, 1.807) is 6.33 Å². The fourth-order valence-corrected chi connectivity index (χ4v) is 2.83. The van der Waals surface area contributed by atoms with Crippen molar-refractivity contribution in [3.8, 4) is 0 Å². The van der Waals surface area contributed by atoms with Gasteiger partial charge in [0.15, 0.2) is 0 Å². The maximum absolute atomic E-state index is 4.38. The van der Waals surface area contributed by atoms with Crippen LogP contribution in [-0.4, -0.2) is 47.6 Å². The van der Waals surface area contributed by atoms with Crippen LogP contribution in [0.1, 0.15) is 32.4 Å². The molecular weight excluding hydrogens is 236 g/mol. The van der Waals surface area contributed by atoms with Gasteiger partial charge >= 0.3 is 0 Å². The van der Waals surface area contributed by atoms with E-state index in [-0.39, 0.29) is 0 Å². The van der Waals surface area contributed by atoms with Gasteiger partial charge in [-0.15, -0.1) is 0 Å². The summed E-state index contributed by atoms with van der Waals surface area (Å²) >= 11 is 0. The number of hydrogen-bond donors (Lipinski definition) is 0. The highest BCUT2D eigenvalue weighted by atomic mass is 15.2. The molecule has 4 heteroatoms. The molecule has 0 unspecified atom stereocenters. The van der Waals surface area contributed by atoms with Gasteiger partial charge in [0.05, 0.1) is 0 Å². The number of hydrogen-bond acceptors (Lipinski definition) is 4. The first-order valence-electron chi connectivity index (χ1n) is 7.30. The normalized spacial score (nSPS) is 17.9. The zero-order chi connectivity index (χ0) is 13.8. The van der Waals surface area contributed by atoms with Crippen molar-refractivity contribution in [1.29, 1.82) is 0 Å². The number of likely N-dealkylation sites (tertiary alicyclic amines) is 1. The monoisotopic (exact) mass is 262 g/mol. The fraction of sp³-hybridized carbons (Fsp3) is 0.733. The first-order chi connectivity index (χ1) is 9.06. The lowest BCUT2D eigenvalue weighted by molar-refractivity contribution is 0.191. The summed E-state index contributed by atoms with van der Waals surface area (Å²) in [6.07, 6.45) is 4.12. The van der Waals surface area contributed by atoms with Crippen molar-refractivity contribution in [2.45, 2.75) is 39.7 Å². The molecule has 0 atom stereocenters. The topological polar surface area (TPSA) is 32.3 Å². The van der Waals surface area contributed by atoms with E-state index in [1.165, 1.54) is 32.5 Å². The maximum Gasteiger partial charge on any atom is 0.132 e. The SMILES string of the molecule is Cc1cc(N(C)C2CCN(CC(C)C)CC2)ncn1. The van der Waals surface area contributed by atoms with Crippen LogP contribution in [0.25, 0.3) is 0 Å². The van der Waals surface area contributed by atoms with Gasteiger partial charge in [0.25, 0.3) is 0 Å². The molecule has 106 valence electrons. The van der Waals surface area contributed by atoms with E-state index in [1.807, 2.05) is 6.92 Å². The Hall–Kier alpha value is -1.16. The summed E-state index contributed by atoms with van der Waals surface area (Å²) in [7, 11) is 2.16. The van der Waals surface area contributed by atoms with E-state index in [0.29, 0.717) is 6.04 Å². The summed E-state index contributed by atoms with van der Waals surface area (Å²) in [5, 5.41) is 0. The summed E-state index contributed by atoms with van der Waals surface area (Å²) in [4.78, 5) is 13.5. The van der Waals surface area contributed by atoms with Crippen molar-refractivity contribution in [3.63, 3.8) is 0 Å². The second-order valence-electron chi connectivity index (χ2n) is 6.05. The Balaban J connectivity index is 1.90. The molecule has 0 aliphatic carbocycles. The Kier molecular flexibility index (Phi) is 4.75.